The van der Waals surface area contributed by atoms with Gasteiger partial charge in [-0.2, -0.15) is 0 Å². The highest BCUT2D eigenvalue weighted by Crippen LogP contribution is 2.43. The molecule has 1 aliphatic heterocycles. The second-order valence-electron chi connectivity index (χ2n) is 6.31. The molecule has 0 bridgehead atoms. The highest BCUT2D eigenvalue weighted by atomic mass is 16.2. The Balaban J connectivity index is 1.46. The fraction of sp³-hybridized carbons (Fsp3) is 0.588. The largest absolute Gasteiger partial charge is 0.338 e. The number of rotatable bonds is 5. The Morgan fingerprint density at radius 2 is 2.10 bits per heavy atom. The number of hydrogen-bond donors (Lipinski definition) is 2. The first-order valence-electron chi connectivity index (χ1n) is 8.08. The second-order valence-corrected chi connectivity index (χ2v) is 6.31. The third-order valence-electron chi connectivity index (χ3n) is 4.66. The summed E-state index contributed by atoms with van der Waals surface area (Å²) in [5.41, 5.74) is 2.25. The number of amides is 2. The van der Waals surface area contributed by atoms with E-state index in [1.54, 1.807) is 0 Å². The average molecular weight is 287 g/mol. The molecule has 1 aromatic carbocycles. The van der Waals surface area contributed by atoms with Crippen LogP contribution >= 0.6 is 0 Å². The maximum absolute atomic E-state index is 12.0. The first kappa shape index (κ1) is 14.4. The molecule has 2 amide bonds. The lowest BCUT2D eigenvalue weighted by atomic mass is 10.1. The Kier molecular flexibility index (Phi) is 4.44. The summed E-state index contributed by atoms with van der Waals surface area (Å²) in [6.07, 6.45) is 6.06. The number of hydrogen-bond acceptors (Lipinski definition) is 2. The quantitative estimate of drug-likeness (QED) is 0.873. The molecule has 3 rings (SSSR count). The third kappa shape index (κ3) is 3.76. The molecule has 114 valence electrons. The summed E-state index contributed by atoms with van der Waals surface area (Å²) in [5, 5.41) is 5.99. The van der Waals surface area contributed by atoms with Crippen LogP contribution in [0.3, 0.4) is 0 Å². The summed E-state index contributed by atoms with van der Waals surface area (Å²) >= 11 is 0. The topological polar surface area (TPSA) is 44.4 Å². The SMILES string of the molecule is CN1CCC[C@H]1CCNC(=O)Nc1ccccc1C1CC1. The van der Waals surface area contributed by atoms with Crippen LogP contribution in [0.2, 0.25) is 0 Å². The van der Waals surface area contributed by atoms with E-state index in [0.717, 1.165) is 18.7 Å². The van der Waals surface area contributed by atoms with Crippen LogP contribution in [0.1, 0.15) is 43.6 Å². The average Bonchev–Trinajstić information content (AvgIpc) is 3.24. The number of benzene rings is 1. The van der Waals surface area contributed by atoms with E-state index in [4.69, 9.17) is 0 Å². The van der Waals surface area contributed by atoms with Crippen molar-refractivity contribution in [1.82, 2.24) is 10.2 Å². The van der Waals surface area contributed by atoms with E-state index < -0.39 is 0 Å². The molecule has 1 aromatic rings. The highest BCUT2D eigenvalue weighted by molar-refractivity contribution is 5.90. The zero-order valence-corrected chi connectivity index (χ0v) is 12.8. The van der Waals surface area contributed by atoms with Crippen LogP contribution in [0.25, 0.3) is 0 Å². The van der Waals surface area contributed by atoms with E-state index in [-0.39, 0.29) is 6.03 Å². The minimum absolute atomic E-state index is 0.0799. The molecule has 0 aromatic heterocycles. The van der Waals surface area contributed by atoms with Crippen molar-refractivity contribution >= 4 is 11.7 Å². The zero-order chi connectivity index (χ0) is 14.7. The molecular weight excluding hydrogens is 262 g/mol. The van der Waals surface area contributed by atoms with Crippen LogP contribution in [0.4, 0.5) is 10.5 Å². The lowest BCUT2D eigenvalue weighted by molar-refractivity contribution is 0.248. The van der Waals surface area contributed by atoms with Gasteiger partial charge in [-0.05, 0) is 63.2 Å². The van der Waals surface area contributed by atoms with Gasteiger partial charge < -0.3 is 15.5 Å². The fourth-order valence-electron chi connectivity index (χ4n) is 3.22. The summed E-state index contributed by atoms with van der Waals surface area (Å²) < 4.78 is 0. The van der Waals surface area contributed by atoms with Crippen molar-refractivity contribution in [2.45, 2.75) is 44.1 Å². The smallest absolute Gasteiger partial charge is 0.319 e. The van der Waals surface area contributed by atoms with E-state index in [0.29, 0.717) is 12.0 Å². The van der Waals surface area contributed by atoms with Crippen molar-refractivity contribution in [3.05, 3.63) is 29.8 Å². The Hall–Kier alpha value is -1.55. The van der Waals surface area contributed by atoms with E-state index in [9.17, 15) is 4.79 Å². The van der Waals surface area contributed by atoms with Gasteiger partial charge >= 0.3 is 6.03 Å². The number of nitrogens with zero attached hydrogens (tertiary/aromatic N) is 1. The van der Waals surface area contributed by atoms with E-state index in [1.807, 2.05) is 18.2 Å². The molecule has 1 saturated carbocycles. The van der Waals surface area contributed by atoms with Crippen molar-refractivity contribution in [3.63, 3.8) is 0 Å². The summed E-state index contributed by atoms with van der Waals surface area (Å²) in [6, 6.07) is 8.70. The number of para-hydroxylation sites is 1. The van der Waals surface area contributed by atoms with Crippen LogP contribution in [-0.4, -0.2) is 37.1 Å². The molecule has 4 nitrogen and oxygen atoms in total. The minimum Gasteiger partial charge on any atom is -0.338 e. The summed E-state index contributed by atoms with van der Waals surface area (Å²) in [6.45, 7) is 1.93. The first-order chi connectivity index (χ1) is 10.2. The van der Waals surface area contributed by atoms with Crippen molar-refractivity contribution < 1.29 is 4.79 Å². The Bertz CT molecular complexity index is 499. The van der Waals surface area contributed by atoms with Gasteiger partial charge in [-0.25, -0.2) is 4.79 Å². The molecule has 0 spiro atoms. The molecule has 1 heterocycles. The number of carbonyl (C=O) groups excluding carboxylic acids is 1. The number of urea groups is 1. The maximum atomic E-state index is 12.0. The van der Waals surface area contributed by atoms with Crippen LogP contribution in [0.5, 0.6) is 0 Å². The van der Waals surface area contributed by atoms with Crippen molar-refractivity contribution in [3.8, 4) is 0 Å². The van der Waals surface area contributed by atoms with Gasteiger partial charge in [-0.3, -0.25) is 0 Å². The van der Waals surface area contributed by atoms with Crippen LogP contribution in [0.15, 0.2) is 24.3 Å². The number of nitrogens with one attached hydrogen (secondary N) is 2. The van der Waals surface area contributed by atoms with E-state index >= 15 is 0 Å². The Morgan fingerprint density at radius 3 is 2.81 bits per heavy atom. The number of carbonyl (C=O) groups is 1. The Morgan fingerprint density at radius 1 is 1.29 bits per heavy atom. The van der Waals surface area contributed by atoms with Crippen LogP contribution in [0, 0.1) is 0 Å². The van der Waals surface area contributed by atoms with Gasteiger partial charge in [0.2, 0.25) is 0 Å². The molecule has 2 fully saturated rings. The predicted molar refractivity (Wildman–Crippen MR) is 85.7 cm³/mol. The molecule has 1 saturated heterocycles. The van der Waals surface area contributed by atoms with Gasteiger partial charge in [0.1, 0.15) is 0 Å². The highest BCUT2D eigenvalue weighted by Gasteiger charge is 2.26. The number of anilines is 1. The molecular formula is C17H25N3O. The molecule has 2 N–H and O–H groups in total. The van der Waals surface area contributed by atoms with Gasteiger partial charge in [-0.15, -0.1) is 0 Å². The molecule has 1 aliphatic carbocycles. The monoisotopic (exact) mass is 287 g/mol. The first-order valence-corrected chi connectivity index (χ1v) is 8.08. The van der Waals surface area contributed by atoms with Crippen LogP contribution < -0.4 is 10.6 Å². The standard InChI is InChI=1S/C17H25N3O/c1-20-12-4-5-14(20)10-11-18-17(21)19-16-7-3-2-6-15(16)13-8-9-13/h2-3,6-7,13-14H,4-5,8-12H2,1H3,(H2,18,19,21)/t14-/m0/s1. The van der Waals surface area contributed by atoms with E-state index in [1.165, 1.54) is 37.8 Å². The molecule has 1 atom stereocenters. The lowest BCUT2D eigenvalue weighted by Gasteiger charge is -2.19. The van der Waals surface area contributed by atoms with Gasteiger partial charge in [-0.1, -0.05) is 18.2 Å². The zero-order valence-electron chi connectivity index (χ0n) is 12.8. The third-order valence-corrected chi connectivity index (χ3v) is 4.66. The predicted octanol–water partition coefficient (Wildman–Crippen LogP) is 3.17. The van der Waals surface area contributed by atoms with Crippen molar-refractivity contribution in [2.24, 2.45) is 0 Å². The van der Waals surface area contributed by atoms with Gasteiger partial charge in [0, 0.05) is 18.3 Å². The minimum atomic E-state index is -0.0799. The van der Waals surface area contributed by atoms with Crippen molar-refractivity contribution in [1.29, 1.82) is 0 Å². The molecule has 21 heavy (non-hydrogen) atoms. The van der Waals surface area contributed by atoms with Crippen molar-refractivity contribution in [2.75, 3.05) is 25.5 Å². The van der Waals surface area contributed by atoms with E-state index in [2.05, 4.69) is 28.6 Å². The molecule has 0 radical (unpaired) electrons. The van der Waals surface area contributed by atoms with Gasteiger partial charge in [0.25, 0.3) is 0 Å². The second kappa shape index (κ2) is 6.48. The normalized spacial score (nSPS) is 22.2. The fourth-order valence-corrected chi connectivity index (χ4v) is 3.22. The molecule has 2 aliphatic rings. The summed E-state index contributed by atoms with van der Waals surface area (Å²) in [7, 11) is 2.17. The Labute approximate surface area is 126 Å². The van der Waals surface area contributed by atoms with Gasteiger partial charge in [0.05, 0.1) is 0 Å². The summed E-state index contributed by atoms with van der Waals surface area (Å²) in [5.74, 6) is 0.647. The number of likely N-dealkylation sites (tertiary alicyclic amines) is 1. The van der Waals surface area contributed by atoms with Crippen LogP contribution in [-0.2, 0) is 0 Å². The van der Waals surface area contributed by atoms with Gasteiger partial charge in [0.15, 0.2) is 0 Å². The maximum Gasteiger partial charge on any atom is 0.319 e. The molecule has 0 unspecified atom stereocenters. The molecule has 4 heteroatoms. The summed E-state index contributed by atoms with van der Waals surface area (Å²) in [4.78, 5) is 14.4. The lowest BCUT2D eigenvalue weighted by Crippen LogP contribution is -2.34.